The van der Waals surface area contributed by atoms with Crippen molar-refractivity contribution in [3.63, 3.8) is 0 Å². The number of carbonyl (C=O) groups excluding carboxylic acids is 1. The number of benzene rings is 1. The van der Waals surface area contributed by atoms with Crippen LogP contribution in [0.3, 0.4) is 0 Å². The Kier molecular flexibility index (Phi) is 5.52. The summed E-state index contributed by atoms with van der Waals surface area (Å²) in [5.74, 6) is 0.000181. The van der Waals surface area contributed by atoms with Crippen LogP contribution in [0.4, 0.5) is 13.6 Å². The molecule has 0 aromatic heterocycles. The molecule has 0 heterocycles. The second-order valence-electron chi connectivity index (χ2n) is 3.22. The van der Waals surface area contributed by atoms with Gasteiger partial charge in [-0.2, -0.15) is 13.9 Å². The number of nitrogens with zero attached hydrogens (tertiary/aromatic N) is 1. The van der Waals surface area contributed by atoms with Crippen LogP contribution < -0.4 is 20.6 Å². The Balaban J connectivity index is 3.03. The number of urea groups is 1. The molecule has 19 heavy (non-hydrogen) atoms. The Morgan fingerprint density at radius 2 is 2.32 bits per heavy atom. The van der Waals surface area contributed by atoms with E-state index in [4.69, 9.17) is 10.5 Å². The third kappa shape index (κ3) is 4.78. The van der Waals surface area contributed by atoms with E-state index in [1.165, 1.54) is 12.1 Å². The summed E-state index contributed by atoms with van der Waals surface area (Å²) in [6, 6.07) is 3.68. The maximum atomic E-state index is 12.4. The molecule has 0 aliphatic carbocycles. The van der Waals surface area contributed by atoms with Gasteiger partial charge in [0.2, 0.25) is 0 Å². The number of nitrogens with two attached hydrogens (primary N) is 1. The number of halogens is 2. The van der Waals surface area contributed by atoms with E-state index in [0.29, 0.717) is 6.61 Å². The highest BCUT2D eigenvalue weighted by Gasteiger charge is 2.14. The molecule has 0 saturated heterocycles. The third-order valence-electron chi connectivity index (χ3n) is 1.89. The lowest BCUT2D eigenvalue weighted by molar-refractivity contribution is -0.0515. The molecule has 2 amide bonds. The van der Waals surface area contributed by atoms with Crippen LogP contribution >= 0.6 is 0 Å². The maximum absolute atomic E-state index is 12.4. The van der Waals surface area contributed by atoms with E-state index in [1.54, 1.807) is 13.0 Å². The minimum Gasteiger partial charge on any atom is -0.490 e. The number of hydrazone groups is 1. The first-order chi connectivity index (χ1) is 9.04. The van der Waals surface area contributed by atoms with Gasteiger partial charge in [-0.25, -0.2) is 10.2 Å². The Bertz CT molecular complexity index is 466. The molecule has 1 aromatic rings. The predicted molar refractivity (Wildman–Crippen MR) is 64.6 cm³/mol. The van der Waals surface area contributed by atoms with Gasteiger partial charge in [0.25, 0.3) is 0 Å². The fourth-order valence-corrected chi connectivity index (χ4v) is 1.28. The number of ether oxygens (including phenoxy) is 2. The number of carbonyl (C=O) groups is 1. The van der Waals surface area contributed by atoms with Crippen LogP contribution in [0, 0.1) is 0 Å². The Labute approximate surface area is 108 Å². The van der Waals surface area contributed by atoms with Gasteiger partial charge in [-0.1, -0.05) is 6.07 Å². The van der Waals surface area contributed by atoms with Gasteiger partial charge in [0.05, 0.1) is 12.8 Å². The van der Waals surface area contributed by atoms with E-state index in [9.17, 15) is 13.6 Å². The van der Waals surface area contributed by atoms with Crippen LogP contribution in [-0.4, -0.2) is 25.5 Å². The number of hydrogen-bond donors (Lipinski definition) is 2. The summed E-state index contributed by atoms with van der Waals surface area (Å²) in [7, 11) is 0. The number of alkyl halides is 2. The van der Waals surface area contributed by atoms with Gasteiger partial charge >= 0.3 is 12.6 Å². The number of hydrogen-bond acceptors (Lipinski definition) is 4. The molecule has 3 N–H and O–H groups in total. The Morgan fingerprint density at radius 3 is 2.89 bits per heavy atom. The molecule has 0 atom stereocenters. The van der Waals surface area contributed by atoms with Gasteiger partial charge in [0, 0.05) is 5.56 Å². The van der Waals surface area contributed by atoms with E-state index in [1.807, 2.05) is 5.43 Å². The van der Waals surface area contributed by atoms with Gasteiger partial charge in [-0.3, -0.25) is 0 Å². The van der Waals surface area contributed by atoms with E-state index in [-0.39, 0.29) is 17.1 Å². The minimum absolute atomic E-state index is 0.158. The molecule has 0 unspecified atom stereocenters. The van der Waals surface area contributed by atoms with Crippen LogP contribution in [-0.2, 0) is 0 Å². The quantitative estimate of drug-likeness (QED) is 0.611. The SMILES string of the molecule is CCOc1cccc(/C=N\NC(N)=O)c1OC(F)F. The average molecular weight is 273 g/mol. The summed E-state index contributed by atoms with van der Waals surface area (Å²) in [6.45, 7) is -1.00. The van der Waals surface area contributed by atoms with E-state index < -0.39 is 12.6 Å². The van der Waals surface area contributed by atoms with E-state index >= 15 is 0 Å². The molecule has 0 bridgehead atoms. The fraction of sp³-hybridized carbons (Fsp3) is 0.273. The molecular formula is C11H13F2N3O3. The summed E-state index contributed by atoms with van der Waals surface area (Å²) >= 11 is 0. The molecule has 8 heteroatoms. The van der Waals surface area contributed by atoms with Gasteiger partial charge in [0.1, 0.15) is 0 Å². The first-order valence-electron chi connectivity index (χ1n) is 5.33. The molecule has 1 rings (SSSR count). The second-order valence-corrected chi connectivity index (χ2v) is 3.22. The molecule has 0 aliphatic rings. The van der Waals surface area contributed by atoms with Gasteiger partial charge in [-0.15, -0.1) is 0 Å². The van der Waals surface area contributed by atoms with Crippen LogP contribution in [0.1, 0.15) is 12.5 Å². The van der Waals surface area contributed by atoms with Crippen molar-refractivity contribution in [2.24, 2.45) is 10.8 Å². The fourth-order valence-electron chi connectivity index (χ4n) is 1.28. The summed E-state index contributed by atoms with van der Waals surface area (Å²) in [6.07, 6.45) is 1.13. The lowest BCUT2D eigenvalue weighted by Gasteiger charge is -2.13. The van der Waals surface area contributed by atoms with Crippen molar-refractivity contribution in [1.29, 1.82) is 0 Å². The number of primary amides is 1. The molecule has 6 nitrogen and oxygen atoms in total. The summed E-state index contributed by atoms with van der Waals surface area (Å²) in [4.78, 5) is 10.4. The third-order valence-corrected chi connectivity index (χ3v) is 1.89. The summed E-state index contributed by atoms with van der Waals surface area (Å²) < 4.78 is 34.3. The number of rotatable bonds is 6. The largest absolute Gasteiger partial charge is 0.490 e. The topological polar surface area (TPSA) is 85.9 Å². The summed E-state index contributed by atoms with van der Waals surface area (Å²) in [5.41, 5.74) is 6.99. The maximum Gasteiger partial charge on any atom is 0.387 e. The number of para-hydroxylation sites is 1. The summed E-state index contributed by atoms with van der Waals surface area (Å²) in [5, 5.41) is 3.48. The van der Waals surface area contributed by atoms with Gasteiger partial charge < -0.3 is 15.2 Å². The van der Waals surface area contributed by atoms with Crippen molar-refractivity contribution in [2.45, 2.75) is 13.5 Å². The Hall–Kier alpha value is -2.38. The van der Waals surface area contributed by atoms with Crippen LogP contribution in [0.5, 0.6) is 11.5 Å². The first-order valence-corrected chi connectivity index (χ1v) is 5.33. The average Bonchev–Trinajstić information content (AvgIpc) is 2.32. The highest BCUT2D eigenvalue weighted by molar-refractivity contribution is 5.86. The zero-order chi connectivity index (χ0) is 14.3. The van der Waals surface area contributed by atoms with Crippen LogP contribution in [0.25, 0.3) is 0 Å². The molecular weight excluding hydrogens is 260 g/mol. The zero-order valence-electron chi connectivity index (χ0n) is 10.1. The molecule has 104 valence electrons. The lowest BCUT2D eigenvalue weighted by atomic mass is 10.2. The smallest absolute Gasteiger partial charge is 0.387 e. The van der Waals surface area contributed by atoms with Crippen LogP contribution in [0.2, 0.25) is 0 Å². The van der Waals surface area contributed by atoms with Crippen molar-refractivity contribution < 1.29 is 23.0 Å². The van der Waals surface area contributed by atoms with Crippen molar-refractivity contribution in [2.75, 3.05) is 6.61 Å². The standard InChI is InChI=1S/C11H13F2N3O3/c1-2-18-8-5-3-4-7(6-15-16-11(14)17)9(8)19-10(12)13/h3-6,10H,2H2,1H3,(H3,14,16,17)/b15-6-. The monoisotopic (exact) mass is 273 g/mol. The second kappa shape index (κ2) is 7.14. The van der Waals surface area contributed by atoms with E-state index in [0.717, 1.165) is 6.21 Å². The molecule has 1 aromatic carbocycles. The van der Waals surface area contributed by atoms with E-state index in [2.05, 4.69) is 9.84 Å². The van der Waals surface area contributed by atoms with Crippen molar-refractivity contribution in [3.05, 3.63) is 23.8 Å². The lowest BCUT2D eigenvalue weighted by Crippen LogP contribution is -2.24. The van der Waals surface area contributed by atoms with Crippen LogP contribution in [0.15, 0.2) is 23.3 Å². The minimum atomic E-state index is -3.00. The van der Waals surface area contributed by atoms with Crippen molar-refractivity contribution in [3.8, 4) is 11.5 Å². The normalized spacial score (nSPS) is 10.7. The first kappa shape index (κ1) is 14.7. The van der Waals surface area contributed by atoms with Crippen molar-refractivity contribution in [1.82, 2.24) is 5.43 Å². The molecule has 0 radical (unpaired) electrons. The van der Waals surface area contributed by atoms with Gasteiger partial charge in [-0.05, 0) is 19.1 Å². The highest BCUT2D eigenvalue weighted by atomic mass is 19.3. The molecule has 0 saturated carbocycles. The molecule has 0 spiro atoms. The molecule has 0 aliphatic heterocycles. The van der Waals surface area contributed by atoms with Gasteiger partial charge in [0.15, 0.2) is 11.5 Å². The predicted octanol–water partition coefficient (Wildman–Crippen LogP) is 1.69. The number of nitrogens with one attached hydrogen (secondary N) is 1. The highest BCUT2D eigenvalue weighted by Crippen LogP contribution is 2.31. The molecule has 0 fully saturated rings. The van der Waals surface area contributed by atoms with Crippen molar-refractivity contribution >= 4 is 12.2 Å². The zero-order valence-corrected chi connectivity index (χ0v) is 10.1. The number of amides is 2. The Morgan fingerprint density at radius 1 is 1.58 bits per heavy atom.